The van der Waals surface area contributed by atoms with Crippen LogP contribution in [0.4, 0.5) is 0 Å². The second-order valence-corrected chi connectivity index (χ2v) is 19.9. The molecule has 61 heavy (non-hydrogen) atoms. The number of ether oxygens (including phenoxy) is 4. The Morgan fingerprint density at radius 2 is 1.77 bits per heavy atom. The number of hydrogen-bond acceptors (Lipinski definition) is 13. The smallest absolute Gasteiger partial charge is 0.344 e. The quantitative estimate of drug-likeness (QED) is 0.130. The van der Waals surface area contributed by atoms with E-state index in [2.05, 4.69) is 65.8 Å². The number of allylic oxidation sites excluding steroid dienone is 1. The Bertz CT molecular complexity index is 2160. The number of esters is 3. The lowest BCUT2D eigenvalue weighted by atomic mass is 9.46. The van der Waals surface area contributed by atoms with Crippen LogP contribution in [-0.2, 0) is 33.3 Å². The summed E-state index contributed by atoms with van der Waals surface area (Å²) in [5.74, 6) is -2.44. The van der Waals surface area contributed by atoms with Crippen molar-refractivity contribution in [2.24, 2.45) is 28.1 Å². The number of carbonyl (C=O) groups excluding carboxylic acids is 3. The first-order valence-corrected chi connectivity index (χ1v) is 23.3. The van der Waals surface area contributed by atoms with E-state index in [1.54, 1.807) is 18.9 Å². The van der Waals surface area contributed by atoms with Crippen molar-refractivity contribution in [3.05, 3.63) is 64.8 Å². The first kappa shape index (κ1) is 42.9. The molecule has 1 spiro atoms. The fraction of sp³-hybridized carbons (Fsp3) is 0.638. The number of hydrogen-bond donors (Lipinski definition) is 2. The maximum absolute atomic E-state index is 15.5. The second kappa shape index (κ2) is 15.1. The van der Waals surface area contributed by atoms with Crippen LogP contribution in [-0.4, -0.2) is 153 Å². The maximum atomic E-state index is 15.5. The molecule has 2 bridgehead atoms. The molecule has 2 aliphatic carbocycles. The highest BCUT2D eigenvalue weighted by Crippen LogP contribution is 2.70. The standard InChI is InChI=1S/C47H61BN3O9S/c1-9-43(55)23-28-24-46(41(53)58-6,37-30(14-18-50(25-28)26-43)31-20-29(61-8)12-13-34(31)48-37)33-21-32-35(22-36(33)57-5)49(4)39-45(32)16-19-51-17-11-15-44(10-2,38(45)51)40(60-27(3)52)47(39,56)42(54)59-7/h11-13,15,20-22,28,33,36,38-40,55-56H,9-10,14,16-19,23-26H2,1-8H3/t28-,33?,36?,38+,39-,40-,43+,44-,45-,46+,47+/m1/s1. The lowest BCUT2D eigenvalue weighted by Gasteiger charge is -2.63. The molecule has 2 N–H and O–H groups in total. The van der Waals surface area contributed by atoms with Crippen molar-refractivity contribution >= 4 is 48.0 Å². The van der Waals surface area contributed by atoms with Crippen LogP contribution in [0.5, 0.6) is 0 Å². The van der Waals surface area contributed by atoms with Gasteiger partial charge in [0.25, 0.3) is 0 Å². The number of aliphatic hydroxyl groups is 2. The van der Waals surface area contributed by atoms with Gasteiger partial charge in [0.05, 0.1) is 37.4 Å². The molecule has 6 heterocycles. The van der Waals surface area contributed by atoms with Gasteiger partial charge in [0.2, 0.25) is 5.60 Å². The summed E-state index contributed by atoms with van der Waals surface area (Å²) in [6, 6.07) is 5.36. The number of nitrogens with zero attached hydrogens (tertiary/aromatic N) is 3. The van der Waals surface area contributed by atoms with Crippen LogP contribution in [0, 0.1) is 28.1 Å². The summed E-state index contributed by atoms with van der Waals surface area (Å²) in [7, 11) is 8.52. The number of methoxy groups -OCH3 is 3. The van der Waals surface area contributed by atoms with Crippen molar-refractivity contribution in [3.8, 4) is 0 Å². The van der Waals surface area contributed by atoms with Crippen molar-refractivity contribution < 1.29 is 43.5 Å². The molecule has 1 saturated carbocycles. The van der Waals surface area contributed by atoms with Crippen LogP contribution in [0.1, 0.15) is 64.9 Å². The Hall–Kier alpha value is -3.40. The molecule has 3 saturated heterocycles. The number of likely N-dealkylation sites (N-methyl/N-ethyl adjacent to an activating group) is 1. The normalized spacial score (nSPS) is 40.8. The number of likely N-dealkylation sites (tertiary alicyclic amines) is 1. The Labute approximate surface area is 365 Å². The van der Waals surface area contributed by atoms with Gasteiger partial charge < -0.3 is 34.1 Å². The predicted molar refractivity (Wildman–Crippen MR) is 233 cm³/mol. The molecule has 3 unspecified atom stereocenters. The number of thioether (sulfide) groups is 1. The van der Waals surface area contributed by atoms with E-state index >= 15 is 4.79 Å². The monoisotopic (exact) mass is 854 g/mol. The van der Waals surface area contributed by atoms with Gasteiger partial charge in [-0.1, -0.05) is 49.1 Å². The number of benzene rings is 1. The lowest BCUT2D eigenvalue weighted by Crippen LogP contribution is -2.79. The van der Waals surface area contributed by atoms with Crippen molar-refractivity contribution in [2.75, 3.05) is 67.4 Å². The van der Waals surface area contributed by atoms with Crippen molar-refractivity contribution in [2.45, 2.75) is 99.7 Å². The zero-order valence-corrected chi connectivity index (χ0v) is 37.7. The van der Waals surface area contributed by atoms with E-state index in [-0.39, 0.29) is 17.9 Å². The number of rotatable bonds is 8. The molecule has 4 fully saturated rings. The Balaban J connectivity index is 1.32. The molecule has 12 nitrogen and oxygen atoms in total. The van der Waals surface area contributed by atoms with Crippen molar-refractivity contribution in [1.82, 2.24) is 14.7 Å². The van der Waals surface area contributed by atoms with Crippen LogP contribution in [0.25, 0.3) is 5.57 Å². The SMILES string of the molecule is CC[C@]1(O)C[C@H]2CN(CCC3=C([B]c4ccc(SC)cc43)[C@@](C(=O)OC)(C3C=C4C(=CC3OC)N(C)[C@H]3[C@@](O)(C(=O)OC)[C@H](OC(C)=O)[C@]5(CC)C=CCN6CC[C@]43[C@@H]65)C2)C1. The van der Waals surface area contributed by atoms with E-state index in [0.29, 0.717) is 58.2 Å². The van der Waals surface area contributed by atoms with E-state index in [4.69, 9.17) is 18.9 Å². The van der Waals surface area contributed by atoms with Crippen LogP contribution < -0.4 is 5.46 Å². The maximum Gasteiger partial charge on any atom is 0.344 e. The van der Waals surface area contributed by atoms with E-state index in [1.165, 1.54) is 21.1 Å². The van der Waals surface area contributed by atoms with Gasteiger partial charge in [-0.05, 0) is 92.2 Å². The third kappa shape index (κ3) is 5.80. The largest absolute Gasteiger partial charge is 0.468 e. The Morgan fingerprint density at radius 1 is 1.00 bits per heavy atom. The van der Waals surface area contributed by atoms with Gasteiger partial charge in [-0.15, -0.1) is 11.8 Å². The third-order valence-electron chi connectivity index (χ3n) is 16.4. The number of piperidine rings is 1. The van der Waals surface area contributed by atoms with E-state index in [0.717, 1.165) is 51.3 Å². The summed E-state index contributed by atoms with van der Waals surface area (Å²) < 4.78 is 24.3. The molecule has 9 rings (SSSR count). The van der Waals surface area contributed by atoms with Gasteiger partial charge in [-0.25, -0.2) is 4.79 Å². The van der Waals surface area contributed by atoms with Crippen LogP contribution in [0.2, 0.25) is 0 Å². The average Bonchev–Trinajstić information content (AvgIpc) is 3.92. The summed E-state index contributed by atoms with van der Waals surface area (Å²) in [4.78, 5) is 50.9. The topological polar surface area (TPSA) is 138 Å². The lowest BCUT2D eigenvalue weighted by molar-refractivity contribution is -0.243. The third-order valence-corrected chi connectivity index (χ3v) is 17.2. The average molecular weight is 855 g/mol. The van der Waals surface area contributed by atoms with Gasteiger partial charge >= 0.3 is 17.9 Å². The van der Waals surface area contributed by atoms with Crippen LogP contribution in [0.15, 0.2) is 64.1 Å². The van der Waals surface area contributed by atoms with Crippen molar-refractivity contribution in [1.29, 1.82) is 0 Å². The molecule has 0 aromatic heterocycles. The molecule has 1 aromatic carbocycles. The van der Waals surface area contributed by atoms with E-state index in [1.807, 2.05) is 25.8 Å². The first-order valence-electron chi connectivity index (χ1n) is 22.1. The minimum atomic E-state index is -2.28. The molecule has 327 valence electrons. The Morgan fingerprint density at radius 3 is 2.44 bits per heavy atom. The summed E-state index contributed by atoms with van der Waals surface area (Å²) in [5.41, 5.74) is -0.304. The summed E-state index contributed by atoms with van der Waals surface area (Å²) in [6.07, 6.45) is 12.0. The highest BCUT2D eigenvalue weighted by molar-refractivity contribution is 7.98. The van der Waals surface area contributed by atoms with Gasteiger partial charge in [-0.2, -0.15) is 0 Å². The van der Waals surface area contributed by atoms with Gasteiger partial charge in [0, 0.05) is 80.6 Å². The fourth-order valence-corrected chi connectivity index (χ4v) is 14.7. The van der Waals surface area contributed by atoms with E-state index in [9.17, 15) is 19.8 Å². The Kier molecular flexibility index (Phi) is 10.6. The van der Waals surface area contributed by atoms with Gasteiger partial charge in [0.15, 0.2) is 13.4 Å². The summed E-state index contributed by atoms with van der Waals surface area (Å²) in [6.45, 7) is 8.79. The molecule has 1 aromatic rings. The number of carbonyl (C=O) groups is 3. The van der Waals surface area contributed by atoms with Gasteiger partial charge in [-0.3, -0.25) is 19.4 Å². The second-order valence-electron chi connectivity index (χ2n) is 19.0. The molecule has 14 heteroatoms. The summed E-state index contributed by atoms with van der Waals surface area (Å²) >= 11 is 1.69. The molecule has 0 amide bonds. The van der Waals surface area contributed by atoms with Crippen LogP contribution in [0.3, 0.4) is 0 Å². The predicted octanol–water partition coefficient (Wildman–Crippen LogP) is 3.52. The first-order chi connectivity index (χ1) is 29.2. The molecular formula is C47H61BN3O9S. The molecular weight excluding hydrogens is 793 g/mol. The van der Waals surface area contributed by atoms with E-state index < -0.39 is 63.6 Å². The molecule has 1 radical (unpaired) electrons. The molecule has 8 aliphatic rings. The zero-order chi connectivity index (χ0) is 43.4. The van der Waals surface area contributed by atoms with Gasteiger partial charge in [0.1, 0.15) is 0 Å². The fourth-order valence-electron chi connectivity index (χ4n) is 14.2. The minimum absolute atomic E-state index is 0.0521. The highest BCUT2D eigenvalue weighted by Gasteiger charge is 2.81. The highest BCUT2D eigenvalue weighted by atomic mass is 32.2. The van der Waals surface area contributed by atoms with Crippen molar-refractivity contribution in [3.63, 3.8) is 0 Å². The minimum Gasteiger partial charge on any atom is -0.468 e. The zero-order valence-electron chi connectivity index (χ0n) is 36.9. The summed E-state index contributed by atoms with van der Waals surface area (Å²) in [5, 5.41) is 25.5. The molecule has 12 atom stereocenters. The molecule has 6 aliphatic heterocycles. The van der Waals surface area contributed by atoms with Crippen LogP contribution >= 0.6 is 11.8 Å². The number of fused-ring (bicyclic) bond motifs is 5.